The maximum absolute atomic E-state index is 11.6. The summed E-state index contributed by atoms with van der Waals surface area (Å²) in [7, 11) is 8.03. The monoisotopic (exact) mass is 408 g/mol. The number of nitrogens with zero attached hydrogens (tertiary/aromatic N) is 2. The zero-order valence-corrected chi connectivity index (χ0v) is 17.9. The summed E-state index contributed by atoms with van der Waals surface area (Å²) < 4.78 is 21.1. The summed E-state index contributed by atoms with van der Waals surface area (Å²) in [6, 6.07) is 3.95. The van der Waals surface area contributed by atoms with E-state index in [0.29, 0.717) is 31.8 Å². The van der Waals surface area contributed by atoms with E-state index in [2.05, 4.69) is 15.6 Å². The molecule has 29 heavy (non-hydrogen) atoms. The third kappa shape index (κ3) is 6.07. The van der Waals surface area contributed by atoms with Gasteiger partial charge in [0, 0.05) is 50.4 Å². The van der Waals surface area contributed by atoms with Crippen LogP contribution in [0.1, 0.15) is 18.4 Å². The zero-order chi connectivity index (χ0) is 21.2. The number of methoxy groups -OCH3 is 4. The number of nitrogens with one attached hydrogen (secondary N) is 2. The van der Waals surface area contributed by atoms with Crippen molar-refractivity contribution in [2.24, 2.45) is 4.99 Å². The molecule has 0 aliphatic carbocycles. The lowest BCUT2D eigenvalue weighted by Crippen LogP contribution is -2.50. The van der Waals surface area contributed by atoms with Gasteiger partial charge in [0.25, 0.3) is 0 Å². The Morgan fingerprint density at radius 3 is 2.21 bits per heavy atom. The van der Waals surface area contributed by atoms with Crippen molar-refractivity contribution in [1.29, 1.82) is 0 Å². The van der Waals surface area contributed by atoms with Crippen LogP contribution < -0.4 is 24.8 Å². The van der Waals surface area contributed by atoms with E-state index < -0.39 is 0 Å². The first-order valence-electron chi connectivity index (χ1n) is 9.65. The number of aliphatic imine (C=N–C) groups is 1. The second kappa shape index (κ2) is 11.2. The fraction of sp³-hybridized carbons (Fsp3) is 0.600. The molecule has 1 aliphatic rings. The number of hydrogen-bond acceptors (Lipinski definition) is 6. The topological polar surface area (TPSA) is 93.7 Å². The van der Waals surface area contributed by atoms with Gasteiger partial charge in [-0.2, -0.15) is 0 Å². The van der Waals surface area contributed by atoms with Crippen molar-refractivity contribution in [3.05, 3.63) is 17.7 Å². The zero-order valence-electron chi connectivity index (χ0n) is 17.9. The van der Waals surface area contributed by atoms with Crippen LogP contribution in [0.25, 0.3) is 0 Å². The third-order valence-electron chi connectivity index (χ3n) is 4.98. The van der Waals surface area contributed by atoms with E-state index in [1.54, 1.807) is 33.3 Å². The number of hydrogen-bond donors (Lipinski definition) is 2. The summed E-state index contributed by atoms with van der Waals surface area (Å²) in [5.74, 6) is 2.86. The van der Waals surface area contributed by atoms with Gasteiger partial charge in [-0.1, -0.05) is 0 Å². The molecule has 9 nitrogen and oxygen atoms in total. The van der Waals surface area contributed by atoms with Gasteiger partial charge in [-0.3, -0.25) is 4.99 Å². The van der Waals surface area contributed by atoms with E-state index in [4.69, 9.17) is 18.9 Å². The molecule has 1 heterocycles. The lowest BCUT2D eigenvalue weighted by atomic mass is 10.1. The van der Waals surface area contributed by atoms with Gasteiger partial charge >= 0.3 is 6.09 Å². The van der Waals surface area contributed by atoms with Crippen molar-refractivity contribution in [3.8, 4) is 17.2 Å². The Labute approximate surface area is 172 Å². The Morgan fingerprint density at radius 2 is 1.72 bits per heavy atom. The lowest BCUT2D eigenvalue weighted by Gasteiger charge is -2.32. The maximum Gasteiger partial charge on any atom is 0.409 e. The standard InChI is InChI=1S/C20H32N4O5/c1-21-19(23-14-7-10-24(11-8-14)20(25)29-5)22-9-6-16-17(27-3)12-15(26-2)13-18(16)28-4/h12-14H,6-11H2,1-5H3,(H2,21,22,23). The smallest absolute Gasteiger partial charge is 0.409 e. The SMILES string of the molecule is CN=C(NCCc1c(OC)cc(OC)cc1OC)NC1CCN(C(=O)OC)CC1. The summed E-state index contributed by atoms with van der Waals surface area (Å²) in [5.41, 5.74) is 0.963. The van der Waals surface area contributed by atoms with E-state index in [0.717, 1.165) is 35.9 Å². The summed E-state index contributed by atoms with van der Waals surface area (Å²) in [6.07, 6.45) is 2.11. The molecule has 9 heteroatoms. The minimum atomic E-state index is -0.270. The number of ether oxygens (including phenoxy) is 4. The molecule has 1 saturated heterocycles. The molecule has 0 bridgehead atoms. The van der Waals surface area contributed by atoms with Gasteiger partial charge in [-0.25, -0.2) is 4.79 Å². The summed E-state index contributed by atoms with van der Waals surface area (Å²) in [4.78, 5) is 17.6. The average molecular weight is 408 g/mol. The first-order chi connectivity index (χ1) is 14.1. The van der Waals surface area contributed by atoms with Crippen LogP contribution >= 0.6 is 0 Å². The predicted octanol–water partition coefficient (Wildman–Crippen LogP) is 1.65. The van der Waals surface area contributed by atoms with Gasteiger partial charge in [-0.15, -0.1) is 0 Å². The first kappa shape index (κ1) is 22.4. The van der Waals surface area contributed by atoms with E-state index in [1.165, 1.54) is 7.11 Å². The first-order valence-corrected chi connectivity index (χ1v) is 9.65. The fourth-order valence-electron chi connectivity index (χ4n) is 3.35. The van der Waals surface area contributed by atoms with Crippen LogP contribution in [0.2, 0.25) is 0 Å². The molecule has 1 aromatic carbocycles. The Hall–Kier alpha value is -2.84. The number of amides is 1. The van der Waals surface area contributed by atoms with E-state index >= 15 is 0 Å². The second-order valence-corrected chi connectivity index (χ2v) is 6.64. The van der Waals surface area contributed by atoms with Crippen LogP contribution in [-0.4, -0.2) is 78.1 Å². The molecule has 0 aromatic heterocycles. The largest absolute Gasteiger partial charge is 0.496 e. The molecule has 1 aliphatic heterocycles. The van der Waals surface area contributed by atoms with Gasteiger partial charge < -0.3 is 34.5 Å². The molecule has 1 fully saturated rings. The Morgan fingerprint density at radius 1 is 1.10 bits per heavy atom. The fourth-order valence-corrected chi connectivity index (χ4v) is 3.35. The molecule has 0 saturated carbocycles. The third-order valence-corrected chi connectivity index (χ3v) is 4.98. The number of carbonyl (C=O) groups excluding carboxylic acids is 1. The minimum absolute atomic E-state index is 0.257. The van der Waals surface area contributed by atoms with Crippen LogP contribution in [0.15, 0.2) is 17.1 Å². The van der Waals surface area contributed by atoms with Crippen molar-refractivity contribution in [3.63, 3.8) is 0 Å². The summed E-state index contributed by atoms with van der Waals surface area (Å²) in [6.45, 7) is 1.99. The number of carbonyl (C=O) groups is 1. The molecule has 162 valence electrons. The predicted molar refractivity (Wildman–Crippen MR) is 111 cm³/mol. The molecule has 1 aromatic rings. The maximum atomic E-state index is 11.6. The Bertz CT molecular complexity index is 677. The van der Waals surface area contributed by atoms with Crippen LogP contribution in [0.4, 0.5) is 4.79 Å². The Balaban J connectivity index is 1.89. The van der Waals surface area contributed by atoms with Crippen molar-refractivity contribution < 1.29 is 23.7 Å². The number of piperidine rings is 1. The van der Waals surface area contributed by atoms with Gasteiger partial charge in [0.2, 0.25) is 0 Å². The van der Waals surface area contributed by atoms with Crippen LogP contribution in [-0.2, 0) is 11.2 Å². The molecule has 2 rings (SSSR count). The highest BCUT2D eigenvalue weighted by atomic mass is 16.5. The van der Waals surface area contributed by atoms with Crippen molar-refractivity contribution in [2.75, 3.05) is 55.1 Å². The molecule has 0 radical (unpaired) electrons. The number of benzene rings is 1. The average Bonchev–Trinajstić information content (AvgIpc) is 2.77. The van der Waals surface area contributed by atoms with Gasteiger partial charge in [-0.05, 0) is 19.3 Å². The van der Waals surface area contributed by atoms with E-state index in [-0.39, 0.29) is 12.1 Å². The quantitative estimate of drug-likeness (QED) is 0.523. The van der Waals surface area contributed by atoms with Gasteiger partial charge in [0.05, 0.1) is 28.4 Å². The van der Waals surface area contributed by atoms with Crippen LogP contribution in [0, 0.1) is 0 Å². The molecule has 0 atom stereocenters. The molecular weight excluding hydrogens is 376 g/mol. The number of guanidine groups is 1. The molecule has 2 N–H and O–H groups in total. The normalized spacial score (nSPS) is 14.9. The highest BCUT2D eigenvalue weighted by molar-refractivity contribution is 5.80. The lowest BCUT2D eigenvalue weighted by molar-refractivity contribution is 0.111. The van der Waals surface area contributed by atoms with E-state index in [1.807, 2.05) is 12.1 Å². The van der Waals surface area contributed by atoms with Crippen LogP contribution in [0.5, 0.6) is 17.2 Å². The molecule has 0 unspecified atom stereocenters. The Kier molecular flexibility index (Phi) is 8.69. The van der Waals surface area contributed by atoms with Crippen molar-refractivity contribution >= 4 is 12.1 Å². The highest BCUT2D eigenvalue weighted by Gasteiger charge is 2.23. The minimum Gasteiger partial charge on any atom is -0.496 e. The van der Waals surface area contributed by atoms with Crippen molar-refractivity contribution in [1.82, 2.24) is 15.5 Å². The summed E-state index contributed by atoms with van der Waals surface area (Å²) in [5, 5.41) is 6.76. The van der Waals surface area contributed by atoms with E-state index in [9.17, 15) is 4.79 Å². The van der Waals surface area contributed by atoms with Crippen LogP contribution in [0.3, 0.4) is 0 Å². The van der Waals surface area contributed by atoms with Gasteiger partial charge in [0.15, 0.2) is 5.96 Å². The molecule has 1 amide bonds. The molecular formula is C20H32N4O5. The van der Waals surface area contributed by atoms with Crippen molar-refractivity contribution in [2.45, 2.75) is 25.3 Å². The number of likely N-dealkylation sites (tertiary alicyclic amines) is 1. The second-order valence-electron chi connectivity index (χ2n) is 6.64. The number of rotatable bonds is 7. The highest BCUT2D eigenvalue weighted by Crippen LogP contribution is 2.34. The summed E-state index contributed by atoms with van der Waals surface area (Å²) >= 11 is 0. The van der Waals surface area contributed by atoms with Gasteiger partial charge in [0.1, 0.15) is 17.2 Å². The molecule has 0 spiro atoms.